The lowest BCUT2D eigenvalue weighted by Crippen LogP contribution is -2.53. The minimum Gasteiger partial charge on any atom is -0.379 e. The molecule has 1 aromatic rings. The number of carbonyl (C=O) groups excluding carboxylic acids is 3. The van der Waals surface area contributed by atoms with Crippen molar-refractivity contribution in [2.45, 2.75) is 110 Å². The number of benzene rings is 1. The predicted octanol–water partition coefficient (Wildman–Crippen LogP) is 4.70. The van der Waals surface area contributed by atoms with Gasteiger partial charge in [0, 0.05) is 40.3 Å². The van der Waals surface area contributed by atoms with E-state index in [2.05, 4.69) is 31.3 Å². The number of hydrogen-bond donors (Lipinski definition) is 1. The number of methoxy groups -OCH3 is 2. The van der Waals surface area contributed by atoms with Crippen LogP contribution in [0.25, 0.3) is 0 Å². The van der Waals surface area contributed by atoms with Crippen molar-refractivity contribution in [1.82, 2.24) is 15.1 Å². The Hall–Kier alpha value is -2.45. The molecule has 0 saturated carbocycles. The molecule has 1 fully saturated rings. The third-order valence-corrected chi connectivity index (χ3v) is 8.66. The van der Waals surface area contributed by atoms with Gasteiger partial charge in [-0.1, -0.05) is 71.4 Å². The van der Waals surface area contributed by atoms with Crippen LogP contribution in [0.3, 0.4) is 0 Å². The summed E-state index contributed by atoms with van der Waals surface area (Å²) in [6, 6.07) is 9.66. The van der Waals surface area contributed by atoms with Crippen molar-refractivity contribution in [1.29, 1.82) is 0 Å². The Morgan fingerprint density at radius 3 is 2.24 bits per heavy atom. The topological polar surface area (TPSA) is 88.2 Å². The van der Waals surface area contributed by atoms with Gasteiger partial charge in [0.05, 0.1) is 36.6 Å². The van der Waals surface area contributed by atoms with Crippen molar-refractivity contribution in [3.05, 3.63) is 35.9 Å². The molecular weight excluding hydrogens is 518 g/mol. The van der Waals surface area contributed by atoms with E-state index in [1.54, 1.807) is 19.1 Å². The quantitative estimate of drug-likeness (QED) is 0.310. The molecule has 3 amide bonds. The summed E-state index contributed by atoms with van der Waals surface area (Å²) in [5.41, 5.74) is 1.17. The molecule has 0 bridgehead atoms. The maximum atomic E-state index is 13.8. The zero-order valence-corrected chi connectivity index (χ0v) is 26.9. The van der Waals surface area contributed by atoms with E-state index < -0.39 is 18.1 Å². The van der Waals surface area contributed by atoms with E-state index in [0.29, 0.717) is 13.0 Å². The molecule has 1 N–H and O–H groups in total. The molecule has 0 aliphatic carbocycles. The summed E-state index contributed by atoms with van der Waals surface area (Å²) in [6.45, 7) is 12.8. The molecule has 8 heteroatoms. The van der Waals surface area contributed by atoms with Crippen molar-refractivity contribution in [2.24, 2.45) is 17.8 Å². The molecule has 1 aliphatic rings. The number of likely N-dealkylation sites (tertiary alicyclic amines) is 1. The lowest BCUT2D eigenvalue weighted by Gasteiger charge is -2.39. The van der Waals surface area contributed by atoms with Gasteiger partial charge in [0.25, 0.3) is 0 Å². The minimum atomic E-state index is -0.430. The van der Waals surface area contributed by atoms with Crippen LogP contribution < -0.4 is 5.32 Å². The van der Waals surface area contributed by atoms with Crippen molar-refractivity contribution in [3.8, 4) is 0 Å². The van der Waals surface area contributed by atoms with Gasteiger partial charge in [-0.25, -0.2) is 0 Å². The van der Waals surface area contributed by atoms with Gasteiger partial charge in [0.15, 0.2) is 0 Å². The Morgan fingerprint density at radius 1 is 1.02 bits per heavy atom. The molecule has 0 aromatic heterocycles. The number of nitrogens with one attached hydrogen (secondary N) is 1. The molecule has 1 heterocycles. The van der Waals surface area contributed by atoms with Crippen LogP contribution in [0.4, 0.5) is 0 Å². The summed E-state index contributed by atoms with van der Waals surface area (Å²) in [4.78, 5) is 43.7. The Labute approximate surface area is 248 Å². The molecule has 0 radical (unpaired) electrons. The van der Waals surface area contributed by atoms with Crippen LogP contribution in [0, 0.1) is 17.8 Å². The average molecular weight is 574 g/mol. The first-order chi connectivity index (χ1) is 19.4. The SMILES string of the molecule is CC[C@@H](C)[C@H]([C@H](CC(=O)N1CCCC1[C@@H](OC)[C@H](C)C(=O)N[C@@H](C)Cc1ccccc1)OC)N(C)C(=O)CC(C)C. The second kappa shape index (κ2) is 16.9. The summed E-state index contributed by atoms with van der Waals surface area (Å²) in [7, 11) is 5.07. The number of carbonyl (C=O) groups is 3. The van der Waals surface area contributed by atoms with Gasteiger partial charge >= 0.3 is 0 Å². The predicted molar refractivity (Wildman–Crippen MR) is 163 cm³/mol. The maximum Gasteiger partial charge on any atom is 0.225 e. The highest BCUT2D eigenvalue weighted by Crippen LogP contribution is 2.29. The zero-order valence-electron chi connectivity index (χ0n) is 26.9. The zero-order chi connectivity index (χ0) is 30.7. The second-order valence-corrected chi connectivity index (χ2v) is 12.3. The van der Waals surface area contributed by atoms with Crippen LogP contribution in [0.5, 0.6) is 0 Å². The highest BCUT2D eigenvalue weighted by molar-refractivity contribution is 5.81. The number of nitrogens with zero attached hydrogens (tertiary/aromatic N) is 2. The molecule has 7 atom stereocenters. The molecule has 1 unspecified atom stereocenters. The van der Waals surface area contributed by atoms with Gasteiger partial charge in [0.2, 0.25) is 17.7 Å². The standard InChI is InChI=1S/C33H55N3O5/c1-10-23(4)31(35(7)29(37)19-22(2)3)28(40-8)21-30(38)36-18-14-17-27(36)32(41-9)25(6)33(39)34-24(5)20-26-15-12-11-13-16-26/h11-13,15-16,22-25,27-28,31-32H,10,14,17-21H2,1-9H3,(H,34,39)/t23-,24+,25+,27?,28+,31-,32+/m1/s1. The van der Waals surface area contributed by atoms with Gasteiger partial charge in [-0.3, -0.25) is 14.4 Å². The highest BCUT2D eigenvalue weighted by Gasteiger charge is 2.42. The molecule has 41 heavy (non-hydrogen) atoms. The van der Waals surface area contributed by atoms with Crippen LogP contribution in [0.2, 0.25) is 0 Å². The third kappa shape index (κ3) is 9.81. The van der Waals surface area contributed by atoms with E-state index in [4.69, 9.17) is 9.47 Å². The molecule has 232 valence electrons. The van der Waals surface area contributed by atoms with Crippen LogP contribution in [0.1, 0.15) is 79.2 Å². The van der Waals surface area contributed by atoms with E-state index in [-0.39, 0.29) is 54.1 Å². The molecule has 1 saturated heterocycles. The Kier molecular flexibility index (Phi) is 14.3. The number of amides is 3. The first-order valence-corrected chi connectivity index (χ1v) is 15.4. The Bertz CT molecular complexity index is 955. The van der Waals surface area contributed by atoms with E-state index in [0.717, 1.165) is 25.7 Å². The summed E-state index contributed by atoms with van der Waals surface area (Å²) >= 11 is 0. The van der Waals surface area contributed by atoms with Crippen molar-refractivity contribution in [3.63, 3.8) is 0 Å². The molecule has 0 spiro atoms. The van der Waals surface area contributed by atoms with Crippen LogP contribution in [-0.4, -0.2) is 85.7 Å². The number of ether oxygens (including phenoxy) is 2. The largest absolute Gasteiger partial charge is 0.379 e. The minimum absolute atomic E-state index is 0.0236. The lowest BCUT2D eigenvalue weighted by molar-refractivity contribution is -0.146. The summed E-state index contributed by atoms with van der Waals surface area (Å²) in [6.07, 6.45) is 3.02. The van der Waals surface area contributed by atoms with Gasteiger partial charge in [-0.2, -0.15) is 0 Å². The Balaban J connectivity index is 2.12. The Morgan fingerprint density at radius 2 is 1.68 bits per heavy atom. The van der Waals surface area contributed by atoms with E-state index in [9.17, 15) is 14.4 Å². The highest BCUT2D eigenvalue weighted by atomic mass is 16.5. The van der Waals surface area contributed by atoms with Crippen LogP contribution in [0.15, 0.2) is 30.3 Å². The number of likely N-dealkylation sites (N-methyl/N-ethyl adjacent to an activating group) is 1. The first-order valence-electron chi connectivity index (χ1n) is 15.4. The number of hydrogen-bond acceptors (Lipinski definition) is 5. The molecule has 8 nitrogen and oxygen atoms in total. The van der Waals surface area contributed by atoms with E-state index in [1.165, 1.54) is 5.56 Å². The fraction of sp³-hybridized carbons (Fsp3) is 0.727. The summed E-state index contributed by atoms with van der Waals surface area (Å²) in [5, 5.41) is 3.14. The van der Waals surface area contributed by atoms with E-state index in [1.807, 2.05) is 57.8 Å². The van der Waals surface area contributed by atoms with Gasteiger partial charge in [-0.05, 0) is 43.6 Å². The average Bonchev–Trinajstić information content (AvgIpc) is 3.42. The molecule has 1 aliphatic heterocycles. The van der Waals surface area contributed by atoms with Gasteiger partial charge in [-0.15, -0.1) is 0 Å². The summed E-state index contributed by atoms with van der Waals surface area (Å²) < 4.78 is 11.8. The van der Waals surface area contributed by atoms with Crippen molar-refractivity contribution < 1.29 is 23.9 Å². The van der Waals surface area contributed by atoms with E-state index >= 15 is 0 Å². The monoisotopic (exact) mass is 573 g/mol. The lowest BCUT2D eigenvalue weighted by atomic mass is 9.90. The van der Waals surface area contributed by atoms with Crippen molar-refractivity contribution in [2.75, 3.05) is 27.8 Å². The molecule has 2 rings (SSSR count). The van der Waals surface area contributed by atoms with Crippen LogP contribution >= 0.6 is 0 Å². The fourth-order valence-corrected chi connectivity index (χ4v) is 6.21. The van der Waals surface area contributed by atoms with Crippen molar-refractivity contribution >= 4 is 17.7 Å². The number of rotatable bonds is 16. The normalized spacial score (nSPS) is 19.8. The molecule has 1 aromatic carbocycles. The third-order valence-electron chi connectivity index (χ3n) is 8.66. The van der Waals surface area contributed by atoms with Gasteiger partial charge < -0.3 is 24.6 Å². The summed E-state index contributed by atoms with van der Waals surface area (Å²) in [5.74, 6) is -0.0402. The second-order valence-electron chi connectivity index (χ2n) is 12.3. The van der Waals surface area contributed by atoms with Gasteiger partial charge in [0.1, 0.15) is 0 Å². The molecular formula is C33H55N3O5. The maximum absolute atomic E-state index is 13.8. The fourth-order valence-electron chi connectivity index (χ4n) is 6.21. The first kappa shape index (κ1) is 34.7. The smallest absolute Gasteiger partial charge is 0.225 e. The van der Waals surface area contributed by atoms with Crippen LogP contribution in [-0.2, 0) is 30.3 Å².